The maximum absolute atomic E-state index is 11.3. The summed E-state index contributed by atoms with van der Waals surface area (Å²) in [6.45, 7) is 3.96. The highest BCUT2D eigenvalue weighted by Gasteiger charge is 2.59. The predicted molar refractivity (Wildman–Crippen MR) is 63.0 cm³/mol. The molecule has 2 rings (SSSR count). The van der Waals surface area contributed by atoms with E-state index in [9.17, 15) is 4.79 Å². The molecule has 1 N–H and O–H groups in total. The zero-order valence-electron chi connectivity index (χ0n) is 11.3. The van der Waals surface area contributed by atoms with E-state index in [1.807, 2.05) is 6.92 Å². The molecule has 0 aromatic carbocycles. The molecule has 0 aliphatic carbocycles. The molecule has 0 spiro atoms. The van der Waals surface area contributed by atoms with Crippen LogP contribution in [0.3, 0.4) is 0 Å². The fourth-order valence-electron chi connectivity index (χ4n) is 2.88. The van der Waals surface area contributed by atoms with Crippen molar-refractivity contribution < 1.29 is 23.7 Å². The predicted octanol–water partition coefficient (Wildman–Crippen LogP) is 0.0564. The van der Waals surface area contributed by atoms with Gasteiger partial charge in [0.2, 0.25) is 5.91 Å². The van der Waals surface area contributed by atoms with Gasteiger partial charge in [0, 0.05) is 21.1 Å². The average molecular weight is 259 g/mol. The van der Waals surface area contributed by atoms with E-state index in [1.165, 1.54) is 6.92 Å². The van der Waals surface area contributed by atoms with E-state index in [0.717, 1.165) is 6.42 Å². The number of ether oxygens (including phenoxy) is 4. The zero-order chi connectivity index (χ0) is 13.3. The third kappa shape index (κ3) is 2.03. The molecule has 18 heavy (non-hydrogen) atoms. The van der Waals surface area contributed by atoms with Gasteiger partial charge in [0.25, 0.3) is 0 Å². The van der Waals surface area contributed by atoms with E-state index in [4.69, 9.17) is 18.9 Å². The summed E-state index contributed by atoms with van der Waals surface area (Å²) in [5.74, 6) is -0.139. The van der Waals surface area contributed by atoms with Crippen molar-refractivity contribution in [3.05, 3.63) is 0 Å². The van der Waals surface area contributed by atoms with Crippen LogP contribution in [0.4, 0.5) is 0 Å². The summed E-state index contributed by atoms with van der Waals surface area (Å²) in [7, 11) is 3.24. The summed E-state index contributed by atoms with van der Waals surface area (Å²) in [6, 6.07) is -0.348. The Morgan fingerprint density at radius 2 is 2.17 bits per heavy atom. The topological polar surface area (TPSA) is 66.0 Å². The lowest BCUT2D eigenvalue weighted by atomic mass is 9.85. The molecule has 2 saturated heterocycles. The summed E-state index contributed by atoms with van der Waals surface area (Å²) in [5, 5.41) is 2.82. The number of amides is 1. The Morgan fingerprint density at radius 3 is 2.67 bits per heavy atom. The highest BCUT2D eigenvalue weighted by molar-refractivity contribution is 5.73. The van der Waals surface area contributed by atoms with Crippen molar-refractivity contribution in [3.8, 4) is 0 Å². The van der Waals surface area contributed by atoms with E-state index in [1.54, 1.807) is 14.2 Å². The molecule has 0 radical (unpaired) electrons. The highest BCUT2D eigenvalue weighted by atomic mass is 16.7. The van der Waals surface area contributed by atoms with Crippen LogP contribution in [0.5, 0.6) is 0 Å². The average Bonchev–Trinajstić information content (AvgIpc) is 2.74. The fraction of sp³-hybridized carbons (Fsp3) is 0.917. The van der Waals surface area contributed by atoms with Crippen LogP contribution >= 0.6 is 0 Å². The molecule has 0 unspecified atom stereocenters. The summed E-state index contributed by atoms with van der Waals surface area (Å²) >= 11 is 0. The van der Waals surface area contributed by atoms with Crippen LogP contribution in [0, 0.1) is 0 Å². The number of fused-ring (bicyclic) bond motifs is 2. The van der Waals surface area contributed by atoms with Gasteiger partial charge in [-0.25, -0.2) is 0 Å². The Morgan fingerprint density at radius 1 is 1.44 bits per heavy atom. The minimum Gasteiger partial charge on any atom is -0.376 e. The minimum atomic E-state index is -0.477. The molecule has 6 heteroatoms. The van der Waals surface area contributed by atoms with E-state index in [-0.39, 0.29) is 24.2 Å². The molecule has 6 nitrogen and oxygen atoms in total. The number of hydrogen-bond donors (Lipinski definition) is 1. The number of nitrogens with one attached hydrogen (secondary N) is 1. The molecule has 2 aliphatic heterocycles. The first-order valence-electron chi connectivity index (χ1n) is 6.20. The molecule has 104 valence electrons. The van der Waals surface area contributed by atoms with Crippen LogP contribution in [0.25, 0.3) is 0 Å². The Kier molecular flexibility index (Phi) is 3.91. The first-order chi connectivity index (χ1) is 8.57. The summed E-state index contributed by atoms with van der Waals surface area (Å²) in [6.07, 6.45) is -0.234. The molecule has 2 fully saturated rings. The molecule has 0 saturated carbocycles. The molecule has 2 aliphatic rings. The van der Waals surface area contributed by atoms with Crippen LogP contribution in [0.2, 0.25) is 0 Å². The third-order valence-electron chi connectivity index (χ3n) is 3.80. The van der Waals surface area contributed by atoms with Crippen LogP contribution in [0.15, 0.2) is 0 Å². The molecule has 2 heterocycles. The van der Waals surface area contributed by atoms with Crippen molar-refractivity contribution >= 4 is 5.91 Å². The van der Waals surface area contributed by atoms with Gasteiger partial charge < -0.3 is 24.3 Å². The van der Waals surface area contributed by atoms with Gasteiger partial charge in [-0.1, -0.05) is 6.92 Å². The molecule has 1 amide bonds. The maximum atomic E-state index is 11.3. The van der Waals surface area contributed by atoms with Gasteiger partial charge in [0.05, 0.1) is 6.61 Å². The lowest BCUT2D eigenvalue weighted by molar-refractivity contribution is -0.237. The zero-order valence-corrected chi connectivity index (χ0v) is 11.3. The van der Waals surface area contributed by atoms with Gasteiger partial charge in [0.1, 0.15) is 23.9 Å². The molecular weight excluding hydrogens is 238 g/mol. The molecule has 5 atom stereocenters. The smallest absolute Gasteiger partial charge is 0.217 e. The Hall–Kier alpha value is -0.690. The van der Waals surface area contributed by atoms with Crippen LogP contribution < -0.4 is 5.32 Å². The van der Waals surface area contributed by atoms with Crippen molar-refractivity contribution in [1.29, 1.82) is 0 Å². The van der Waals surface area contributed by atoms with Crippen LogP contribution in [-0.2, 0) is 23.7 Å². The molecule has 2 bridgehead atoms. The molecule has 0 aromatic heterocycles. The second-order valence-electron chi connectivity index (χ2n) is 4.80. The number of carbonyl (C=O) groups excluding carboxylic acids is 1. The second-order valence-corrected chi connectivity index (χ2v) is 4.80. The first-order valence-corrected chi connectivity index (χ1v) is 6.20. The lowest BCUT2D eigenvalue weighted by Gasteiger charge is -2.45. The number of hydrogen-bond acceptors (Lipinski definition) is 5. The van der Waals surface area contributed by atoms with E-state index in [0.29, 0.717) is 6.61 Å². The van der Waals surface area contributed by atoms with E-state index in [2.05, 4.69) is 5.32 Å². The van der Waals surface area contributed by atoms with Gasteiger partial charge in [-0.3, -0.25) is 4.79 Å². The summed E-state index contributed by atoms with van der Waals surface area (Å²) in [4.78, 5) is 11.3. The van der Waals surface area contributed by atoms with Gasteiger partial charge in [-0.2, -0.15) is 0 Å². The van der Waals surface area contributed by atoms with E-state index < -0.39 is 11.9 Å². The monoisotopic (exact) mass is 259 g/mol. The highest BCUT2D eigenvalue weighted by Crippen LogP contribution is 2.41. The van der Waals surface area contributed by atoms with Crippen molar-refractivity contribution in [2.45, 2.75) is 50.4 Å². The maximum Gasteiger partial charge on any atom is 0.217 e. The SMILES string of the molecule is CC[C@@]12CO[C@@H](O1)[C@H](NC(C)=O)[C@@H](OC)[C@H]2OC. The second kappa shape index (κ2) is 5.13. The van der Waals surface area contributed by atoms with Crippen molar-refractivity contribution in [2.24, 2.45) is 0 Å². The largest absolute Gasteiger partial charge is 0.376 e. The molecule has 0 aromatic rings. The third-order valence-corrected chi connectivity index (χ3v) is 3.80. The standard InChI is InChI=1S/C12H21NO5/c1-5-12-6-17-11(18-12)8(13-7(2)14)9(15-3)10(12)16-4/h8-11H,5-6H2,1-4H3,(H,13,14)/t8-,9-,10-,11+,12+/m1/s1. The number of rotatable bonds is 4. The Labute approximate surface area is 107 Å². The first kappa shape index (κ1) is 13.7. The van der Waals surface area contributed by atoms with Crippen molar-refractivity contribution in [3.63, 3.8) is 0 Å². The van der Waals surface area contributed by atoms with Crippen LogP contribution in [0.1, 0.15) is 20.3 Å². The Bertz CT molecular complexity index is 324. The van der Waals surface area contributed by atoms with Gasteiger partial charge in [0.15, 0.2) is 6.29 Å². The van der Waals surface area contributed by atoms with Gasteiger partial charge in [-0.15, -0.1) is 0 Å². The van der Waals surface area contributed by atoms with Gasteiger partial charge >= 0.3 is 0 Å². The van der Waals surface area contributed by atoms with Crippen LogP contribution in [-0.4, -0.2) is 56.9 Å². The number of carbonyl (C=O) groups is 1. The lowest BCUT2D eigenvalue weighted by Crippen LogP contribution is -2.66. The fourth-order valence-corrected chi connectivity index (χ4v) is 2.88. The summed E-state index contributed by atoms with van der Waals surface area (Å²) < 4.78 is 22.7. The normalized spacial score (nSPS) is 42.9. The molecular formula is C12H21NO5. The Balaban J connectivity index is 2.27. The van der Waals surface area contributed by atoms with E-state index >= 15 is 0 Å². The van der Waals surface area contributed by atoms with Crippen molar-refractivity contribution in [2.75, 3.05) is 20.8 Å². The van der Waals surface area contributed by atoms with Crippen molar-refractivity contribution in [1.82, 2.24) is 5.32 Å². The quantitative estimate of drug-likeness (QED) is 0.773. The minimum absolute atomic E-state index is 0.139. The number of methoxy groups -OCH3 is 2. The summed E-state index contributed by atoms with van der Waals surface area (Å²) in [5.41, 5.74) is -0.477. The van der Waals surface area contributed by atoms with Gasteiger partial charge in [-0.05, 0) is 6.42 Å².